The first kappa shape index (κ1) is 16.7. The fourth-order valence-corrected chi connectivity index (χ4v) is 3.37. The van der Waals surface area contributed by atoms with Crippen molar-refractivity contribution < 1.29 is 4.39 Å². The maximum absolute atomic E-state index is 13.9. The summed E-state index contributed by atoms with van der Waals surface area (Å²) in [5.74, 6) is 1.04. The number of fused-ring (bicyclic) bond motifs is 1. The Kier molecular flexibility index (Phi) is 4.99. The van der Waals surface area contributed by atoms with Gasteiger partial charge in [-0.15, -0.1) is 10.2 Å². The van der Waals surface area contributed by atoms with Crippen LogP contribution in [0.1, 0.15) is 31.3 Å². The van der Waals surface area contributed by atoms with Gasteiger partial charge in [-0.1, -0.05) is 31.2 Å². The number of para-hydroxylation sites is 1. The van der Waals surface area contributed by atoms with E-state index in [0.29, 0.717) is 16.8 Å². The number of hydrogen-bond acceptors (Lipinski definition) is 4. The zero-order valence-electron chi connectivity index (χ0n) is 13.7. The van der Waals surface area contributed by atoms with Crippen molar-refractivity contribution in [3.8, 4) is 0 Å². The predicted octanol–water partition coefficient (Wildman–Crippen LogP) is 3.43. The summed E-state index contributed by atoms with van der Waals surface area (Å²) in [7, 11) is 1.94. The van der Waals surface area contributed by atoms with Crippen LogP contribution in [0.25, 0.3) is 10.9 Å². The summed E-state index contributed by atoms with van der Waals surface area (Å²) in [6.45, 7) is 2.14. The van der Waals surface area contributed by atoms with E-state index in [9.17, 15) is 9.18 Å². The molecule has 1 aromatic carbocycles. The van der Waals surface area contributed by atoms with Gasteiger partial charge in [0.05, 0.1) is 5.52 Å². The van der Waals surface area contributed by atoms with E-state index in [1.807, 2.05) is 11.6 Å². The van der Waals surface area contributed by atoms with Crippen molar-refractivity contribution in [1.82, 2.24) is 19.7 Å². The van der Waals surface area contributed by atoms with Gasteiger partial charge in [0, 0.05) is 36.4 Å². The standard InChI is InChI=1S/C17H19FN4OS/c1-3-4-8-15-20-21-17(22(15)2)24-10-11-9-14(23)12-6-5-7-13(18)16(12)19-11/h5-7,9H,3-4,8,10H2,1-2H3,(H,19,23). The van der Waals surface area contributed by atoms with Crippen molar-refractivity contribution >= 4 is 22.7 Å². The Bertz CT molecular complexity index is 919. The first-order valence-electron chi connectivity index (χ1n) is 7.91. The Balaban J connectivity index is 1.80. The van der Waals surface area contributed by atoms with Gasteiger partial charge in [-0.25, -0.2) is 4.39 Å². The summed E-state index contributed by atoms with van der Waals surface area (Å²) < 4.78 is 15.9. The fourth-order valence-electron chi connectivity index (χ4n) is 2.53. The van der Waals surface area contributed by atoms with Gasteiger partial charge in [0.1, 0.15) is 11.6 Å². The molecule has 3 rings (SSSR count). The Morgan fingerprint density at radius 1 is 1.33 bits per heavy atom. The molecule has 0 saturated carbocycles. The molecular weight excluding hydrogens is 327 g/mol. The van der Waals surface area contributed by atoms with Gasteiger partial charge in [0.25, 0.3) is 0 Å². The maximum atomic E-state index is 13.9. The molecule has 24 heavy (non-hydrogen) atoms. The van der Waals surface area contributed by atoms with Crippen LogP contribution >= 0.6 is 11.8 Å². The van der Waals surface area contributed by atoms with Gasteiger partial charge in [0.2, 0.25) is 0 Å². The lowest BCUT2D eigenvalue weighted by Gasteiger charge is -2.06. The van der Waals surface area contributed by atoms with Crippen LogP contribution in [0.4, 0.5) is 4.39 Å². The Morgan fingerprint density at radius 3 is 2.96 bits per heavy atom. The number of pyridine rings is 1. The monoisotopic (exact) mass is 346 g/mol. The minimum Gasteiger partial charge on any atom is -0.355 e. The second kappa shape index (κ2) is 7.17. The van der Waals surface area contributed by atoms with E-state index in [1.165, 1.54) is 23.9 Å². The third kappa shape index (κ3) is 3.36. The molecular formula is C17H19FN4OS. The predicted molar refractivity (Wildman–Crippen MR) is 93.7 cm³/mol. The van der Waals surface area contributed by atoms with E-state index < -0.39 is 5.82 Å². The molecule has 7 heteroatoms. The molecule has 2 heterocycles. The number of aryl methyl sites for hydroxylation is 1. The first-order valence-corrected chi connectivity index (χ1v) is 8.90. The van der Waals surface area contributed by atoms with E-state index in [4.69, 9.17) is 0 Å². The van der Waals surface area contributed by atoms with Gasteiger partial charge in [-0.3, -0.25) is 4.79 Å². The highest BCUT2D eigenvalue weighted by molar-refractivity contribution is 7.98. The number of aromatic nitrogens is 4. The minimum absolute atomic E-state index is 0.180. The van der Waals surface area contributed by atoms with Gasteiger partial charge in [-0.05, 0) is 18.6 Å². The second-order valence-electron chi connectivity index (χ2n) is 5.67. The molecule has 3 aromatic rings. The number of H-pyrrole nitrogens is 1. The van der Waals surface area contributed by atoms with Crippen molar-refractivity contribution in [3.05, 3.63) is 51.8 Å². The lowest BCUT2D eigenvalue weighted by Crippen LogP contribution is -2.06. The molecule has 0 radical (unpaired) electrons. The summed E-state index contributed by atoms with van der Waals surface area (Å²) in [6, 6.07) is 6.02. The molecule has 0 atom stereocenters. The van der Waals surface area contributed by atoms with Crippen molar-refractivity contribution in [3.63, 3.8) is 0 Å². The van der Waals surface area contributed by atoms with E-state index in [0.717, 1.165) is 30.2 Å². The average Bonchev–Trinajstić information content (AvgIpc) is 2.92. The van der Waals surface area contributed by atoms with Gasteiger partial charge < -0.3 is 9.55 Å². The van der Waals surface area contributed by atoms with Crippen molar-refractivity contribution in [1.29, 1.82) is 0 Å². The normalized spacial score (nSPS) is 11.3. The quantitative estimate of drug-likeness (QED) is 0.695. The number of hydrogen-bond donors (Lipinski definition) is 1. The van der Waals surface area contributed by atoms with Crippen LogP contribution in [0, 0.1) is 5.82 Å². The molecule has 126 valence electrons. The van der Waals surface area contributed by atoms with Crippen LogP contribution in [0.2, 0.25) is 0 Å². The summed E-state index contributed by atoms with van der Waals surface area (Å²) in [5.41, 5.74) is 0.739. The Labute approximate surface area is 143 Å². The topological polar surface area (TPSA) is 63.6 Å². The third-order valence-corrected chi connectivity index (χ3v) is 4.97. The minimum atomic E-state index is -0.419. The number of nitrogens with one attached hydrogen (secondary N) is 1. The molecule has 1 N–H and O–H groups in total. The van der Waals surface area contributed by atoms with Crippen molar-refractivity contribution in [2.24, 2.45) is 7.05 Å². The molecule has 0 amide bonds. The summed E-state index contributed by atoms with van der Waals surface area (Å²) >= 11 is 1.47. The van der Waals surface area contributed by atoms with Crippen molar-refractivity contribution in [2.75, 3.05) is 0 Å². The average molecular weight is 346 g/mol. The zero-order chi connectivity index (χ0) is 17.1. The van der Waals surface area contributed by atoms with Crippen LogP contribution < -0.4 is 5.43 Å². The van der Waals surface area contributed by atoms with E-state index in [1.54, 1.807) is 12.1 Å². The van der Waals surface area contributed by atoms with Crippen LogP contribution in [0.3, 0.4) is 0 Å². The lowest BCUT2D eigenvalue weighted by atomic mass is 10.2. The smallest absolute Gasteiger partial charge is 0.191 e. The molecule has 0 aliphatic rings. The Morgan fingerprint density at radius 2 is 2.17 bits per heavy atom. The lowest BCUT2D eigenvalue weighted by molar-refractivity contribution is 0.636. The molecule has 0 unspecified atom stereocenters. The molecule has 0 bridgehead atoms. The Hall–Kier alpha value is -2.15. The van der Waals surface area contributed by atoms with E-state index in [2.05, 4.69) is 22.1 Å². The molecule has 2 aromatic heterocycles. The summed E-state index contributed by atoms with van der Waals surface area (Å²) in [6.07, 6.45) is 3.09. The number of halogens is 1. The SMILES string of the molecule is CCCCc1nnc(SCc2cc(=O)c3cccc(F)c3[nH]2)n1C. The number of nitrogens with zero attached hydrogens (tertiary/aromatic N) is 3. The van der Waals surface area contributed by atoms with Crippen molar-refractivity contribution in [2.45, 2.75) is 37.1 Å². The van der Waals surface area contributed by atoms with Crippen LogP contribution in [-0.4, -0.2) is 19.7 Å². The molecule has 0 aliphatic carbocycles. The highest BCUT2D eigenvalue weighted by Crippen LogP contribution is 2.21. The molecule has 0 aliphatic heterocycles. The maximum Gasteiger partial charge on any atom is 0.191 e. The first-order chi connectivity index (χ1) is 11.6. The third-order valence-electron chi connectivity index (χ3n) is 3.91. The van der Waals surface area contributed by atoms with Crippen LogP contribution in [0.5, 0.6) is 0 Å². The fraction of sp³-hybridized carbons (Fsp3) is 0.353. The van der Waals surface area contributed by atoms with Gasteiger partial charge in [-0.2, -0.15) is 0 Å². The van der Waals surface area contributed by atoms with Crippen LogP contribution in [0.15, 0.2) is 34.2 Å². The van der Waals surface area contributed by atoms with Crippen LogP contribution in [-0.2, 0) is 19.2 Å². The number of thioether (sulfide) groups is 1. The molecule has 0 saturated heterocycles. The van der Waals surface area contributed by atoms with Gasteiger partial charge >= 0.3 is 0 Å². The molecule has 5 nitrogen and oxygen atoms in total. The molecule has 0 fully saturated rings. The highest BCUT2D eigenvalue weighted by Gasteiger charge is 2.11. The number of benzene rings is 1. The largest absolute Gasteiger partial charge is 0.355 e. The van der Waals surface area contributed by atoms with Gasteiger partial charge in [0.15, 0.2) is 10.6 Å². The van der Waals surface area contributed by atoms with E-state index in [-0.39, 0.29) is 10.9 Å². The highest BCUT2D eigenvalue weighted by atomic mass is 32.2. The van der Waals surface area contributed by atoms with E-state index >= 15 is 0 Å². The second-order valence-corrected chi connectivity index (χ2v) is 6.61. The number of rotatable bonds is 6. The number of aromatic amines is 1. The number of unbranched alkanes of at least 4 members (excludes halogenated alkanes) is 1. The molecule has 0 spiro atoms. The summed E-state index contributed by atoms with van der Waals surface area (Å²) in [4.78, 5) is 15.1. The zero-order valence-corrected chi connectivity index (χ0v) is 14.5. The summed E-state index contributed by atoms with van der Waals surface area (Å²) in [5, 5.41) is 9.56.